The Morgan fingerprint density at radius 1 is 0.225 bits per heavy atom. The van der Waals surface area contributed by atoms with Crippen molar-refractivity contribution in [1.29, 1.82) is 0 Å². The average Bonchev–Trinajstić information content (AvgIpc) is 3.85. The molecule has 0 aliphatic heterocycles. The molecule has 2 heterocycles. The molecule has 0 fully saturated rings. The van der Waals surface area contributed by atoms with Gasteiger partial charge in [-0.25, -0.2) is 15.0 Å². The van der Waals surface area contributed by atoms with Crippen LogP contribution in [0.4, 0.5) is 0 Å². The van der Waals surface area contributed by atoms with Gasteiger partial charge in [-0.1, -0.05) is 231 Å². The van der Waals surface area contributed by atoms with Crippen LogP contribution >= 0.6 is 0 Å². The summed E-state index contributed by atoms with van der Waals surface area (Å²) in [5.41, 5.74) is 13.6. The van der Waals surface area contributed by atoms with Crippen LogP contribution in [0.25, 0.3) is 144 Å². The molecular formula is C67H41N3O. The summed E-state index contributed by atoms with van der Waals surface area (Å²) in [7, 11) is 0. The number of furan rings is 1. The molecule has 2 aromatic heterocycles. The predicted octanol–water partition coefficient (Wildman–Crippen LogP) is 18.1. The number of hydrogen-bond acceptors (Lipinski definition) is 4. The molecule has 0 saturated carbocycles. The Bertz CT molecular complexity index is 4220. The molecule has 14 rings (SSSR count). The van der Waals surface area contributed by atoms with Gasteiger partial charge in [-0.15, -0.1) is 0 Å². The monoisotopic (exact) mass is 903 g/mol. The van der Waals surface area contributed by atoms with Crippen LogP contribution in [0, 0.1) is 0 Å². The Labute approximate surface area is 409 Å². The Kier molecular flexibility index (Phi) is 9.49. The van der Waals surface area contributed by atoms with Crippen molar-refractivity contribution < 1.29 is 4.42 Å². The van der Waals surface area contributed by atoms with Crippen LogP contribution in [0.15, 0.2) is 253 Å². The maximum absolute atomic E-state index is 6.84. The number of nitrogens with zero attached hydrogens (tertiary/aromatic N) is 3. The van der Waals surface area contributed by atoms with Gasteiger partial charge in [-0.3, -0.25) is 0 Å². The minimum atomic E-state index is 0.607. The lowest BCUT2D eigenvalue weighted by Crippen LogP contribution is -2.00. The van der Waals surface area contributed by atoms with E-state index < -0.39 is 0 Å². The van der Waals surface area contributed by atoms with Crippen LogP contribution < -0.4 is 0 Å². The highest BCUT2D eigenvalue weighted by atomic mass is 16.3. The maximum atomic E-state index is 6.84. The molecule has 71 heavy (non-hydrogen) atoms. The van der Waals surface area contributed by atoms with E-state index in [0.29, 0.717) is 17.5 Å². The standard InChI is InChI=1S/C67H41N3O/c1-3-14-42(15-4-1)44-26-32-47(33-27-44)65-68-66(48-34-28-45(29-35-48)43-16-5-2-6-17-43)70-67(69-65)49-36-30-46(31-37-49)51-24-13-25-62-63(51)61-41-59(56-22-11-12-23-58(56)64(61)71-62)50-38-39-57-54-20-8-7-18-52(54)53-19-9-10-21-55(53)60(57)40-50/h1-41H. The molecule has 4 nitrogen and oxygen atoms in total. The molecule has 0 aliphatic rings. The Balaban J connectivity index is 0.884. The van der Waals surface area contributed by atoms with Crippen molar-refractivity contribution in [2.45, 2.75) is 0 Å². The third kappa shape index (κ3) is 6.96. The molecule has 0 spiro atoms. The topological polar surface area (TPSA) is 51.8 Å². The Morgan fingerprint density at radius 3 is 1.14 bits per heavy atom. The lowest BCUT2D eigenvalue weighted by atomic mass is 9.90. The van der Waals surface area contributed by atoms with Crippen molar-refractivity contribution in [2.75, 3.05) is 0 Å². The maximum Gasteiger partial charge on any atom is 0.164 e. The first-order chi connectivity index (χ1) is 35.2. The molecule has 0 saturated heterocycles. The zero-order valence-corrected chi connectivity index (χ0v) is 38.4. The second-order valence-corrected chi connectivity index (χ2v) is 18.2. The third-order valence-corrected chi connectivity index (χ3v) is 14.1. The molecule has 0 bridgehead atoms. The molecule has 0 radical (unpaired) electrons. The number of aromatic nitrogens is 3. The van der Waals surface area contributed by atoms with Gasteiger partial charge < -0.3 is 4.42 Å². The first-order valence-electron chi connectivity index (χ1n) is 24.1. The van der Waals surface area contributed by atoms with Gasteiger partial charge in [0, 0.05) is 32.8 Å². The second kappa shape index (κ2) is 16.6. The van der Waals surface area contributed by atoms with Gasteiger partial charge in [0.15, 0.2) is 17.5 Å². The molecular weight excluding hydrogens is 863 g/mol. The van der Waals surface area contributed by atoms with Crippen LogP contribution in [-0.4, -0.2) is 15.0 Å². The molecule has 0 unspecified atom stereocenters. The lowest BCUT2D eigenvalue weighted by Gasteiger charge is -2.13. The molecule has 330 valence electrons. The molecule has 0 atom stereocenters. The quantitative estimate of drug-likeness (QED) is 0.150. The highest BCUT2D eigenvalue weighted by Gasteiger charge is 2.20. The van der Waals surface area contributed by atoms with E-state index in [9.17, 15) is 0 Å². The summed E-state index contributed by atoms with van der Waals surface area (Å²) in [5.74, 6) is 1.84. The van der Waals surface area contributed by atoms with Gasteiger partial charge in [0.2, 0.25) is 0 Å². The smallest absolute Gasteiger partial charge is 0.164 e. The largest absolute Gasteiger partial charge is 0.455 e. The summed E-state index contributed by atoms with van der Waals surface area (Å²) in [5, 5.41) is 12.0. The van der Waals surface area contributed by atoms with Gasteiger partial charge in [-0.05, 0) is 100 Å². The van der Waals surface area contributed by atoms with E-state index in [-0.39, 0.29) is 0 Å². The van der Waals surface area contributed by atoms with E-state index in [1.807, 2.05) is 12.1 Å². The molecule has 12 aromatic carbocycles. The zero-order chi connectivity index (χ0) is 46.8. The van der Waals surface area contributed by atoms with Crippen molar-refractivity contribution in [1.82, 2.24) is 15.0 Å². The molecule has 0 aliphatic carbocycles. The summed E-state index contributed by atoms with van der Waals surface area (Å²) < 4.78 is 6.84. The van der Waals surface area contributed by atoms with Gasteiger partial charge in [0.05, 0.1) is 0 Å². The van der Waals surface area contributed by atoms with Crippen molar-refractivity contribution in [2.24, 2.45) is 0 Å². The number of hydrogen-bond donors (Lipinski definition) is 0. The van der Waals surface area contributed by atoms with Crippen LogP contribution in [0.3, 0.4) is 0 Å². The minimum absolute atomic E-state index is 0.607. The highest BCUT2D eigenvalue weighted by Crippen LogP contribution is 2.45. The first-order valence-corrected chi connectivity index (χ1v) is 24.1. The van der Waals surface area contributed by atoms with Crippen LogP contribution in [0.2, 0.25) is 0 Å². The van der Waals surface area contributed by atoms with E-state index in [0.717, 1.165) is 82.8 Å². The second-order valence-electron chi connectivity index (χ2n) is 18.2. The fourth-order valence-electron chi connectivity index (χ4n) is 10.6. The number of benzene rings is 12. The summed E-state index contributed by atoms with van der Waals surface area (Å²) in [6, 6.07) is 88.2. The zero-order valence-electron chi connectivity index (χ0n) is 38.4. The Morgan fingerprint density at radius 2 is 0.620 bits per heavy atom. The SMILES string of the molecule is c1ccc(-c2ccc(-c3nc(-c4ccc(-c5ccccc5)cc4)nc(-c4ccc(-c5cccc6oc7c8ccccc8c(-c8ccc9c%10ccccc%10c%10ccccc%10c9c8)cc7c56)cc4)n3)cc2)cc1. The van der Waals surface area contributed by atoms with E-state index in [2.05, 4.69) is 237 Å². The van der Waals surface area contributed by atoms with Gasteiger partial charge in [0.25, 0.3) is 0 Å². The molecule has 14 aromatic rings. The fraction of sp³-hybridized carbons (Fsp3) is 0. The van der Waals surface area contributed by atoms with Crippen LogP contribution in [-0.2, 0) is 0 Å². The van der Waals surface area contributed by atoms with E-state index >= 15 is 0 Å². The van der Waals surface area contributed by atoms with E-state index in [4.69, 9.17) is 19.4 Å². The summed E-state index contributed by atoms with van der Waals surface area (Å²) in [4.78, 5) is 15.3. The van der Waals surface area contributed by atoms with Gasteiger partial charge >= 0.3 is 0 Å². The highest BCUT2D eigenvalue weighted by molar-refractivity contribution is 6.27. The van der Waals surface area contributed by atoms with Crippen molar-refractivity contribution in [3.63, 3.8) is 0 Å². The van der Waals surface area contributed by atoms with Crippen molar-refractivity contribution in [3.05, 3.63) is 249 Å². The van der Waals surface area contributed by atoms with Crippen LogP contribution in [0.1, 0.15) is 0 Å². The predicted molar refractivity (Wildman–Crippen MR) is 295 cm³/mol. The normalized spacial score (nSPS) is 11.7. The van der Waals surface area contributed by atoms with E-state index in [1.54, 1.807) is 0 Å². The van der Waals surface area contributed by atoms with Gasteiger partial charge in [0.1, 0.15) is 11.2 Å². The molecule has 4 heteroatoms. The third-order valence-electron chi connectivity index (χ3n) is 14.1. The Hall–Kier alpha value is -9.51. The number of rotatable bonds is 7. The van der Waals surface area contributed by atoms with E-state index in [1.165, 1.54) is 43.4 Å². The summed E-state index contributed by atoms with van der Waals surface area (Å²) >= 11 is 0. The molecule has 0 amide bonds. The minimum Gasteiger partial charge on any atom is -0.455 e. The summed E-state index contributed by atoms with van der Waals surface area (Å²) in [6.45, 7) is 0. The van der Waals surface area contributed by atoms with Crippen LogP contribution in [0.5, 0.6) is 0 Å². The molecule has 0 N–H and O–H groups in total. The van der Waals surface area contributed by atoms with Crippen molar-refractivity contribution >= 4 is 65.0 Å². The first kappa shape index (κ1) is 40.5. The lowest BCUT2D eigenvalue weighted by molar-refractivity contribution is 0.673. The number of fused-ring (bicyclic) bond motifs is 11. The van der Waals surface area contributed by atoms with Crippen molar-refractivity contribution in [3.8, 4) is 78.7 Å². The van der Waals surface area contributed by atoms with Gasteiger partial charge in [-0.2, -0.15) is 0 Å². The summed E-state index contributed by atoms with van der Waals surface area (Å²) in [6.07, 6.45) is 0. The fourth-order valence-corrected chi connectivity index (χ4v) is 10.6. The average molecular weight is 904 g/mol.